The standard InChI is InChI=1S/C20H17N3O2/c1-12-13(2)22-18-8-5-15(9-17(12)18)20(24)23-16-6-3-14(4-7-16)19-10-21-11-25-19/h3-11,22H,1-2H3,(H,23,24). The Morgan fingerprint density at radius 2 is 1.92 bits per heavy atom. The maximum atomic E-state index is 12.5. The van der Waals surface area contributed by atoms with E-state index in [9.17, 15) is 4.79 Å². The van der Waals surface area contributed by atoms with Crippen molar-refractivity contribution in [3.63, 3.8) is 0 Å². The van der Waals surface area contributed by atoms with Crippen molar-refractivity contribution in [1.82, 2.24) is 9.97 Å². The molecule has 4 rings (SSSR count). The second-order valence-corrected chi connectivity index (χ2v) is 6.03. The molecule has 0 fully saturated rings. The third-order valence-corrected chi connectivity index (χ3v) is 4.43. The van der Waals surface area contributed by atoms with Crippen LogP contribution in [0.3, 0.4) is 0 Å². The fourth-order valence-corrected chi connectivity index (χ4v) is 2.88. The van der Waals surface area contributed by atoms with Crippen molar-refractivity contribution in [3.8, 4) is 11.3 Å². The molecule has 0 saturated heterocycles. The molecule has 0 spiro atoms. The lowest BCUT2D eigenvalue weighted by Crippen LogP contribution is -2.11. The number of carbonyl (C=O) groups excluding carboxylic acids is 1. The number of amides is 1. The van der Waals surface area contributed by atoms with Crippen LogP contribution in [-0.2, 0) is 0 Å². The number of oxazole rings is 1. The zero-order valence-electron chi connectivity index (χ0n) is 14.0. The van der Waals surface area contributed by atoms with Crippen molar-refractivity contribution in [2.75, 3.05) is 5.32 Å². The Morgan fingerprint density at radius 1 is 1.12 bits per heavy atom. The highest BCUT2D eigenvalue weighted by molar-refractivity contribution is 6.06. The number of hydrogen-bond donors (Lipinski definition) is 2. The SMILES string of the molecule is Cc1[nH]c2ccc(C(=O)Nc3ccc(-c4cnco4)cc3)cc2c1C. The summed E-state index contributed by atoms with van der Waals surface area (Å²) in [6.45, 7) is 4.09. The minimum Gasteiger partial charge on any atom is -0.444 e. The first-order valence-electron chi connectivity index (χ1n) is 8.01. The molecule has 25 heavy (non-hydrogen) atoms. The van der Waals surface area contributed by atoms with Crippen LogP contribution < -0.4 is 5.32 Å². The number of anilines is 1. The van der Waals surface area contributed by atoms with Gasteiger partial charge >= 0.3 is 0 Å². The summed E-state index contributed by atoms with van der Waals surface area (Å²) in [5.41, 5.74) is 5.61. The smallest absolute Gasteiger partial charge is 0.255 e. The van der Waals surface area contributed by atoms with Crippen LogP contribution in [0.4, 0.5) is 5.69 Å². The summed E-state index contributed by atoms with van der Waals surface area (Å²) in [6, 6.07) is 13.2. The summed E-state index contributed by atoms with van der Waals surface area (Å²) in [5.74, 6) is 0.564. The van der Waals surface area contributed by atoms with Crippen molar-refractivity contribution >= 4 is 22.5 Å². The van der Waals surface area contributed by atoms with Gasteiger partial charge in [-0.05, 0) is 61.9 Å². The fraction of sp³-hybridized carbons (Fsp3) is 0.100. The van der Waals surface area contributed by atoms with Crippen LogP contribution >= 0.6 is 0 Å². The summed E-state index contributed by atoms with van der Waals surface area (Å²) >= 11 is 0. The van der Waals surface area contributed by atoms with Gasteiger partial charge in [0.15, 0.2) is 12.2 Å². The predicted molar refractivity (Wildman–Crippen MR) is 97.7 cm³/mol. The van der Waals surface area contributed by atoms with E-state index >= 15 is 0 Å². The molecule has 0 atom stereocenters. The van der Waals surface area contributed by atoms with Gasteiger partial charge in [-0.1, -0.05) is 0 Å². The zero-order valence-corrected chi connectivity index (χ0v) is 14.0. The van der Waals surface area contributed by atoms with Crippen LogP contribution in [0.5, 0.6) is 0 Å². The van der Waals surface area contributed by atoms with Gasteiger partial charge in [-0.15, -0.1) is 0 Å². The molecule has 5 heteroatoms. The lowest BCUT2D eigenvalue weighted by atomic mass is 10.1. The first-order chi connectivity index (χ1) is 12.1. The molecule has 0 saturated carbocycles. The molecule has 4 aromatic rings. The molecular formula is C20H17N3O2. The van der Waals surface area contributed by atoms with Crippen molar-refractivity contribution in [2.24, 2.45) is 0 Å². The molecule has 0 bridgehead atoms. The number of nitrogens with zero attached hydrogens (tertiary/aromatic N) is 1. The number of carbonyl (C=O) groups is 1. The number of aromatic amines is 1. The number of hydrogen-bond acceptors (Lipinski definition) is 3. The van der Waals surface area contributed by atoms with Gasteiger partial charge in [0, 0.05) is 33.4 Å². The van der Waals surface area contributed by atoms with Crippen molar-refractivity contribution in [2.45, 2.75) is 13.8 Å². The lowest BCUT2D eigenvalue weighted by molar-refractivity contribution is 0.102. The van der Waals surface area contributed by atoms with E-state index in [1.54, 1.807) is 6.20 Å². The summed E-state index contributed by atoms with van der Waals surface area (Å²) < 4.78 is 5.26. The molecule has 2 N–H and O–H groups in total. The second-order valence-electron chi connectivity index (χ2n) is 6.03. The monoisotopic (exact) mass is 331 g/mol. The van der Waals surface area contributed by atoms with Crippen molar-refractivity contribution in [1.29, 1.82) is 0 Å². The number of rotatable bonds is 3. The van der Waals surface area contributed by atoms with E-state index in [0.717, 1.165) is 27.8 Å². The van der Waals surface area contributed by atoms with Crippen LogP contribution in [-0.4, -0.2) is 15.9 Å². The van der Waals surface area contributed by atoms with E-state index in [0.29, 0.717) is 11.3 Å². The molecule has 5 nitrogen and oxygen atoms in total. The van der Waals surface area contributed by atoms with Gasteiger partial charge in [0.25, 0.3) is 5.91 Å². The Morgan fingerprint density at radius 3 is 2.64 bits per heavy atom. The van der Waals surface area contributed by atoms with E-state index in [1.807, 2.05) is 49.4 Å². The highest BCUT2D eigenvalue weighted by Gasteiger charge is 2.10. The number of aromatic nitrogens is 2. The highest BCUT2D eigenvalue weighted by atomic mass is 16.3. The van der Waals surface area contributed by atoms with Gasteiger partial charge in [0.2, 0.25) is 0 Å². The van der Waals surface area contributed by atoms with E-state index in [2.05, 4.69) is 22.2 Å². The van der Waals surface area contributed by atoms with Gasteiger partial charge < -0.3 is 14.7 Å². The summed E-state index contributed by atoms with van der Waals surface area (Å²) in [5, 5.41) is 4.00. The highest BCUT2D eigenvalue weighted by Crippen LogP contribution is 2.24. The zero-order chi connectivity index (χ0) is 17.4. The van der Waals surface area contributed by atoms with Crippen molar-refractivity contribution in [3.05, 3.63) is 71.9 Å². The molecule has 0 aliphatic rings. The van der Waals surface area contributed by atoms with Crippen LogP contribution in [0.25, 0.3) is 22.2 Å². The molecule has 0 radical (unpaired) electrons. The van der Waals surface area contributed by atoms with Gasteiger partial charge in [0.05, 0.1) is 6.20 Å². The topological polar surface area (TPSA) is 70.9 Å². The molecule has 2 heterocycles. The maximum absolute atomic E-state index is 12.5. The number of H-pyrrole nitrogens is 1. The molecule has 124 valence electrons. The largest absolute Gasteiger partial charge is 0.444 e. The molecule has 1 amide bonds. The third kappa shape index (κ3) is 2.80. The minimum atomic E-state index is -0.132. The first-order valence-corrected chi connectivity index (χ1v) is 8.01. The van der Waals surface area contributed by atoms with Crippen LogP contribution in [0.2, 0.25) is 0 Å². The molecule has 0 aliphatic carbocycles. The molecule has 0 unspecified atom stereocenters. The van der Waals surface area contributed by atoms with E-state index < -0.39 is 0 Å². The Balaban J connectivity index is 1.56. The summed E-state index contributed by atoms with van der Waals surface area (Å²) in [6.07, 6.45) is 3.05. The van der Waals surface area contributed by atoms with Gasteiger partial charge in [-0.3, -0.25) is 4.79 Å². The van der Waals surface area contributed by atoms with Crippen LogP contribution in [0.15, 0.2) is 59.5 Å². The number of benzene rings is 2. The molecule has 2 aromatic carbocycles. The Kier molecular flexibility index (Phi) is 3.61. The van der Waals surface area contributed by atoms with Gasteiger partial charge in [-0.25, -0.2) is 4.98 Å². The maximum Gasteiger partial charge on any atom is 0.255 e. The summed E-state index contributed by atoms with van der Waals surface area (Å²) in [7, 11) is 0. The van der Waals surface area contributed by atoms with Gasteiger partial charge in [0.1, 0.15) is 0 Å². The number of nitrogens with one attached hydrogen (secondary N) is 2. The Bertz CT molecular complexity index is 1040. The average Bonchev–Trinajstić information content (AvgIpc) is 3.25. The van der Waals surface area contributed by atoms with E-state index in [1.165, 1.54) is 12.0 Å². The predicted octanol–water partition coefficient (Wildman–Crippen LogP) is 4.69. The van der Waals surface area contributed by atoms with E-state index in [4.69, 9.17) is 4.42 Å². The average molecular weight is 331 g/mol. The van der Waals surface area contributed by atoms with Crippen LogP contribution in [0, 0.1) is 13.8 Å². The minimum absolute atomic E-state index is 0.132. The Hall–Kier alpha value is -3.34. The van der Waals surface area contributed by atoms with Gasteiger partial charge in [-0.2, -0.15) is 0 Å². The summed E-state index contributed by atoms with van der Waals surface area (Å²) in [4.78, 5) is 19.8. The fourth-order valence-electron chi connectivity index (χ4n) is 2.88. The number of fused-ring (bicyclic) bond motifs is 1. The molecule has 0 aliphatic heterocycles. The first kappa shape index (κ1) is 15.2. The normalized spacial score (nSPS) is 11.0. The van der Waals surface area contributed by atoms with E-state index in [-0.39, 0.29) is 5.91 Å². The Labute approximate surface area is 144 Å². The van der Waals surface area contributed by atoms with Crippen LogP contribution in [0.1, 0.15) is 21.6 Å². The quantitative estimate of drug-likeness (QED) is 0.572. The molecule has 2 aromatic heterocycles. The molecular weight excluding hydrogens is 314 g/mol. The third-order valence-electron chi connectivity index (χ3n) is 4.43. The van der Waals surface area contributed by atoms with Crippen molar-refractivity contribution < 1.29 is 9.21 Å². The number of aryl methyl sites for hydroxylation is 2. The lowest BCUT2D eigenvalue weighted by Gasteiger charge is -2.06. The second kappa shape index (κ2) is 5.94.